The van der Waals surface area contributed by atoms with Crippen LogP contribution in [-0.4, -0.2) is 35.2 Å². The number of aliphatic hydroxyl groups is 1. The van der Waals surface area contributed by atoms with Crippen molar-refractivity contribution in [3.8, 4) is 0 Å². The van der Waals surface area contributed by atoms with Crippen LogP contribution in [-0.2, 0) is 0 Å². The van der Waals surface area contributed by atoms with Crippen LogP contribution < -0.4 is 0 Å². The zero-order valence-electron chi connectivity index (χ0n) is 10.7. The van der Waals surface area contributed by atoms with Gasteiger partial charge in [-0.1, -0.05) is 27.7 Å². The molecule has 0 saturated heterocycles. The Hall–Kier alpha value is -0.0800. The molecule has 0 spiro atoms. The zero-order valence-corrected chi connectivity index (χ0v) is 10.7. The second-order valence-electron chi connectivity index (χ2n) is 5.53. The van der Waals surface area contributed by atoms with Crippen molar-refractivity contribution in [2.45, 2.75) is 59.1 Å². The molecule has 0 radical (unpaired) electrons. The van der Waals surface area contributed by atoms with Crippen LogP contribution in [0.25, 0.3) is 0 Å². The molecule has 0 aromatic carbocycles. The van der Waals surface area contributed by atoms with E-state index in [0.717, 1.165) is 25.4 Å². The molecule has 0 aromatic heterocycles. The first kappa shape index (κ1) is 13.0. The van der Waals surface area contributed by atoms with E-state index in [2.05, 4.69) is 32.6 Å². The van der Waals surface area contributed by atoms with E-state index in [1.54, 1.807) is 0 Å². The first-order valence-corrected chi connectivity index (χ1v) is 6.46. The molecule has 3 unspecified atom stereocenters. The van der Waals surface area contributed by atoms with E-state index in [1.165, 1.54) is 12.8 Å². The van der Waals surface area contributed by atoms with Crippen molar-refractivity contribution >= 4 is 0 Å². The maximum Gasteiger partial charge on any atom is 0.0695 e. The van der Waals surface area contributed by atoms with Gasteiger partial charge in [-0.05, 0) is 37.6 Å². The highest BCUT2D eigenvalue weighted by Gasteiger charge is 2.31. The molecule has 0 aromatic rings. The first-order chi connectivity index (χ1) is 7.04. The van der Waals surface area contributed by atoms with Crippen molar-refractivity contribution in [2.24, 2.45) is 11.8 Å². The summed E-state index contributed by atoms with van der Waals surface area (Å²) in [5, 5.41) is 10.1. The lowest BCUT2D eigenvalue weighted by Gasteiger charge is -2.40. The normalized spacial score (nSPS) is 32.6. The second kappa shape index (κ2) is 5.86. The van der Waals surface area contributed by atoms with Gasteiger partial charge in [-0.2, -0.15) is 0 Å². The average Bonchev–Trinajstić information content (AvgIpc) is 2.18. The Morgan fingerprint density at radius 1 is 1.33 bits per heavy atom. The molecule has 0 amide bonds. The quantitative estimate of drug-likeness (QED) is 0.775. The lowest BCUT2D eigenvalue weighted by Crippen LogP contribution is -2.48. The molecule has 3 atom stereocenters. The van der Waals surface area contributed by atoms with Gasteiger partial charge >= 0.3 is 0 Å². The Morgan fingerprint density at radius 2 is 2.00 bits per heavy atom. The average molecular weight is 213 g/mol. The number of rotatable bonds is 4. The van der Waals surface area contributed by atoms with Gasteiger partial charge in [0.15, 0.2) is 0 Å². The number of hydrogen-bond donors (Lipinski definition) is 1. The summed E-state index contributed by atoms with van der Waals surface area (Å²) in [4.78, 5) is 2.46. The fraction of sp³-hybridized carbons (Fsp3) is 1.00. The molecule has 2 heteroatoms. The summed E-state index contributed by atoms with van der Waals surface area (Å²) in [5.74, 6) is 1.47. The van der Waals surface area contributed by atoms with Gasteiger partial charge in [-0.3, -0.25) is 4.90 Å². The van der Waals surface area contributed by atoms with E-state index < -0.39 is 0 Å². The van der Waals surface area contributed by atoms with Gasteiger partial charge in [0.2, 0.25) is 0 Å². The van der Waals surface area contributed by atoms with Crippen LogP contribution in [0.4, 0.5) is 0 Å². The van der Waals surface area contributed by atoms with Crippen LogP contribution in [0.3, 0.4) is 0 Å². The van der Waals surface area contributed by atoms with E-state index in [0.29, 0.717) is 12.0 Å². The lowest BCUT2D eigenvalue weighted by atomic mass is 9.84. The molecule has 1 aliphatic carbocycles. The van der Waals surface area contributed by atoms with E-state index in [-0.39, 0.29) is 6.10 Å². The Morgan fingerprint density at radius 3 is 2.53 bits per heavy atom. The number of aliphatic hydroxyl groups excluding tert-OH is 1. The fourth-order valence-corrected chi connectivity index (χ4v) is 2.70. The molecule has 15 heavy (non-hydrogen) atoms. The van der Waals surface area contributed by atoms with Crippen molar-refractivity contribution in [1.29, 1.82) is 0 Å². The van der Waals surface area contributed by atoms with E-state index >= 15 is 0 Å². The second-order valence-corrected chi connectivity index (χ2v) is 5.53. The summed E-state index contributed by atoms with van der Waals surface area (Å²) in [6, 6.07) is 0.404. The lowest BCUT2D eigenvalue weighted by molar-refractivity contribution is 0.00327. The summed E-state index contributed by atoms with van der Waals surface area (Å²) < 4.78 is 0. The molecule has 0 aliphatic heterocycles. The van der Waals surface area contributed by atoms with Crippen LogP contribution in [0.2, 0.25) is 0 Å². The Kier molecular flexibility index (Phi) is 5.07. The minimum atomic E-state index is -0.0973. The maximum atomic E-state index is 10.1. The molecule has 0 heterocycles. The summed E-state index contributed by atoms with van der Waals surface area (Å²) in [7, 11) is 0. The number of nitrogens with zero attached hydrogens (tertiary/aromatic N) is 1. The van der Waals surface area contributed by atoms with Gasteiger partial charge in [0.1, 0.15) is 0 Å². The van der Waals surface area contributed by atoms with E-state index in [4.69, 9.17) is 0 Å². The zero-order chi connectivity index (χ0) is 11.4. The van der Waals surface area contributed by atoms with Gasteiger partial charge in [-0.15, -0.1) is 0 Å². The van der Waals surface area contributed by atoms with Crippen molar-refractivity contribution < 1.29 is 5.11 Å². The Balaban J connectivity index is 2.56. The summed E-state index contributed by atoms with van der Waals surface area (Å²) in [6.07, 6.45) is 3.25. The fourth-order valence-electron chi connectivity index (χ4n) is 2.70. The summed E-state index contributed by atoms with van der Waals surface area (Å²) in [6.45, 7) is 11.2. The van der Waals surface area contributed by atoms with E-state index in [1.807, 2.05) is 0 Å². The van der Waals surface area contributed by atoms with E-state index in [9.17, 15) is 5.11 Å². The number of likely N-dealkylation sites (N-methyl/N-ethyl adjacent to an activating group) is 1. The van der Waals surface area contributed by atoms with Crippen LogP contribution in [0.15, 0.2) is 0 Å². The Labute approximate surface area is 94.7 Å². The van der Waals surface area contributed by atoms with Gasteiger partial charge in [0.25, 0.3) is 0 Å². The third kappa shape index (κ3) is 3.76. The van der Waals surface area contributed by atoms with Gasteiger partial charge < -0.3 is 5.11 Å². The van der Waals surface area contributed by atoms with Crippen LogP contribution >= 0.6 is 0 Å². The molecule has 90 valence electrons. The standard InChI is InChI=1S/C13H27NO/c1-5-14(9-10(2)3)12-8-11(4)6-7-13(12)15/h10-13,15H,5-9H2,1-4H3. The minimum Gasteiger partial charge on any atom is -0.391 e. The maximum absolute atomic E-state index is 10.1. The predicted molar refractivity (Wildman–Crippen MR) is 64.9 cm³/mol. The molecule has 2 nitrogen and oxygen atoms in total. The predicted octanol–water partition coefficient (Wildman–Crippen LogP) is 2.51. The first-order valence-electron chi connectivity index (χ1n) is 6.46. The molecule has 1 aliphatic rings. The van der Waals surface area contributed by atoms with Gasteiger partial charge in [-0.25, -0.2) is 0 Å². The Bertz CT molecular complexity index is 181. The number of hydrogen-bond acceptors (Lipinski definition) is 2. The van der Waals surface area contributed by atoms with Crippen molar-refractivity contribution in [1.82, 2.24) is 4.90 Å². The highest BCUT2D eigenvalue weighted by atomic mass is 16.3. The SMILES string of the molecule is CCN(CC(C)C)C1CC(C)CCC1O. The molecular weight excluding hydrogens is 186 g/mol. The van der Waals surface area contributed by atoms with Crippen LogP contribution in [0.5, 0.6) is 0 Å². The third-order valence-electron chi connectivity index (χ3n) is 3.52. The van der Waals surface area contributed by atoms with Crippen LogP contribution in [0, 0.1) is 11.8 Å². The molecule has 1 fully saturated rings. The highest BCUT2D eigenvalue weighted by molar-refractivity contribution is 4.85. The summed E-state index contributed by atoms with van der Waals surface area (Å²) >= 11 is 0. The van der Waals surface area contributed by atoms with Crippen molar-refractivity contribution in [3.63, 3.8) is 0 Å². The van der Waals surface area contributed by atoms with Gasteiger partial charge in [0, 0.05) is 12.6 Å². The van der Waals surface area contributed by atoms with Gasteiger partial charge in [0.05, 0.1) is 6.10 Å². The molecular formula is C13H27NO. The third-order valence-corrected chi connectivity index (χ3v) is 3.52. The van der Waals surface area contributed by atoms with Crippen LogP contribution in [0.1, 0.15) is 47.0 Å². The minimum absolute atomic E-state index is 0.0973. The smallest absolute Gasteiger partial charge is 0.0695 e. The molecule has 1 rings (SSSR count). The van der Waals surface area contributed by atoms with Crippen molar-refractivity contribution in [3.05, 3.63) is 0 Å². The molecule has 0 bridgehead atoms. The monoisotopic (exact) mass is 213 g/mol. The summed E-state index contributed by atoms with van der Waals surface area (Å²) in [5.41, 5.74) is 0. The largest absolute Gasteiger partial charge is 0.391 e. The highest BCUT2D eigenvalue weighted by Crippen LogP contribution is 2.28. The molecule has 1 N–H and O–H groups in total. The molecule has 1 saturated carbocycles. The van der Waals surface area contributed by atoms with Crippen molar-refractivity contribution in [2.75, 3.05) is 13.1 Å². The topological polar surface area (TPSA) is 23.5 Å².